The van der Waals surface area contributed by atoms with Crippen LogP contribution >= 0.6 is 11.8 Å². The predicted octanol–water partition coefficient (Wildman–Crippen LogP) is 4.81. The first-order valence-corrected chi connectivity index (χ1v) is 15.6. The molecule has 5 aliphatic carbocycles. The summed E-state index contributed by atoms with van der Waals surface area (Å²) in [5.41, 5.74) is 1.23. The first-order chi connectivity index (χ1) is 20.1. The zero-order chi connectivity index (χ0) is 29.4. The molecule has 0 aromatic carbocycles. The number of aliphatic hydroxyl groups is 1. The first-order valence-electron chi connectivity index (χ1n) is 14.7. The number of carbonyl (C=O) groups is 2. The van der Waals surface area contributed by atoms with Gasteiger partial charge in [-0.2, -0.15) is 14.8 Å². The third kappa shape index (κ3) is 3.89. The largest absolute Gasteiger partial charge is 0.449 e. The molecule has 42 heavy (non-hydrogen) atoms. The molecule has 3 fully saturated rings. The quantitative estimate of drug-likeness (QED) is 0.391. The standard InChI is InChI=1S/C32H33FN4O4S/c1-30-14-19-16-36-37(21-6-8-26(33)35-17-21)24(19)13-20(30)5-7-22-23-9-10-32(29(40)42-12-11-34,41-28(39)18-3-4-18)31(23,2)15-25(38)27(22)30/h5-8,13,16-18,22-23,25,27,38H,3-4,9-10,12,14-15H2,1-2H3/t22-,23-,25-,27+,30-,31-,32-/m0/s1. The van der Waals surface area contributed by atoms with Gasteiger partial charge in [-0.3, -0.25) is 9.59 Å². The molecule has 2 aromatic heterocycles. The molecular formula is C32H33FN4O4S. The van der Waals surface area contributed by atoms with E-state index < -0.39 is 23.1 Å². The van der Waals surface area contributed by atoms with Crippen LogP contribution in [0.2, 0.25) is 0 Å². The van der Waals surface area contributed by atoms with Gasteiger partial charge in [0.15, 0.2) is 5.60 Å². The highest BCUT2D eigenvalue weighted by molar-refractivity contribution is 8.14. The molecule has 5 aliphatic rings. The van der Waals surface area contributed by atoms with Gasteiger partial charge in [0.1, 0.15) is 0 Å². The van der Waals surface area contributed by atoms with Crippen molar-refractivity contribution in [2.24, 2.45) is 34.5 Å². The molecule has 1 N–H and O–H groups in total. The maximum Gasteiger partial charge on any atom is 0.309 e. The summed E-state index contributed by atoms with van der Waals surface area (Å²) in [5.74, 6) is -1.15. The zero-order valence-corrected chi connectivity index (χ0v) is 24.4. The summed E-state index contributed by atoms with van der Waals surface area (Å²) in [6.07, 6.45) is 12.6. The molecule has 2 aromatic rings. The summed E-state index contributed by atoms with van der Waals surface area (Å²) in [6, 6.07) is 5.00. The van der Waals surface area contributed by atoms with Crippen LogP contribution in [0.4, 0.5) is 4.39 Å². The molecule has 0 unspecified atom stereocenters. The number of hydrogen-bond donors (Lipinski definition) is 1. The zero-order valence-electron chi connectivity index (χ0n) is 23.6. The lowest BCUT2D eigenvalue weighted by Gasteiger charge is -2.59. The lowest BCUT2D eigenvalue weighted by molar-refractivity contribution is -0.192. The van der Waals surface area contributed by atoms with Crippen LogP contribution in [0, 0.1) is 51.8 Å². The molecule has 8 nitrogen and oxygen atoms in total. The smallest absolute Gasteiger partial charge is 0.309 e. The second-order valence-electron chi connectivity index (χ2n) is 13.1. The van der Waals surface area contributed by atoms with Gasteiger partial charge >= 0.3 is 5.97 Å². The van der Waals surface area contributed by atoms with Gasteiger partial charge in [-0.25, -0.2) is 9.67 Å². The molecular weight excluding hydrogens is 555 g/mol. The molecule has 0 spiro atoms. The second-order valence-corrected chi connectivity index (χ2v) is 14.0. The van der Waals surface area contributed by atoms with Crippen molar-refractivity contribution in [3.05, 3.63) is 59.5 Å². The van der Waals surface area contributed by atoms with Crippen molar-refractivity contribution in [1.82, 2.24) is 14.8 Å². The fourth-order valence-corrected chi connectivity index (χ4v) is 9.46. The van der Waals surface area contributed by atoms with E-state index in [1.807, 2.05) is 19.2 Å². The Morgan fingerprint density at radius 1 is 1.26 bits per heavy atom. The average Bonchev–Trinajstić information content (AvgIpc) is 3.68. The highest BCUT2D eigenvalue weighted by Crippen LogP contribution is 2.67. The third-order valence-corrected chi connectivity index (χ3v) is 11.7. The number of aromatic nitrogens is 3. The number of aliphatic hydroxyl groups excluding tert-OH is 1. The lowest BCUT2D eigenvalue weighted by atomic mass is 9.47. The van der Waals surface area contributed by atoms with Gasteiger partial charge in [0.05, 0.1) is 47.6 Å². The van der Waals surface area contributed by atoms with E-state index in [2.05, 4.69) is 35.2 Å². The Hall–Kier alpha value is -3.29. The molecule has 0 bridgehead atoms. The van der Waals surface area contributed by atoms with E-state index in [0.717, 1.165) is 41.4 Å². The minimum atomic E-state index is -1.36. The summed E-state index contributed by atoms with van der Waals surface area (Å²) in [4.78, 5) is 30.6. The van der Waals surface area contributed by atoms with Gasteiger partial charge < -0.3 is 9.84 Å². The number of fused-ring (bicyclic) bond motifs is 6. The molecule has 7 rings (SSSR count). The van der Waals surface area contributed by atoms with Gasteiger partial charge in [-0.1, -0.05) is 37.8 Å². The normalized spacial score (nSPS) is 36.1. The van der Waals surface area contributed by atoms with Crippen LogP contribution in [-0.4, -0.2) is 48.4 Å². The van der Waals surface area contributed by atoms with Crippen LogP contribution < -0.4 is 0 Å². The number of nitrogens with zero attached hydrogens (tertiary/aromatic N) is 4. The summed E-state index contributed by atoms with van der Waals surface area (Å²) in [6.45, 7) is 4.21. The van der Waals surface area contributed by atoms with Crippen LogP contribution in [0.5, 0.6) is 0 Å². The average molecular weight is 589 g/mol. The van der Waals surface area contributed by atoms with Crippen molar-refractivity contribution >= 4 is 28.9 Å². The van der Waals surface area contributed by atoms with Crippen molar-refractivity contribution in [3.63, 3.8) is 0 Å². The van der Waals surface area contributed by atoms with Crippen LogP contribution in [0.15, 0.2) is 42.3 Å². The van der Waals surface area contributed by atoms with Crippen LogP contribution in [0.25, 0.3) is 11.8 Å². The number of hydrogen-bond acceptors (Lipinski definition) is 8. The van der Waals surface area contributed by atoms with Crippen LogP contribution in [-0.2, 0) is 20.7 Å². The number of esters is 1. The summed E-state index contributed by atoms with van der Waals surface area (Å²) >= 11 is 0.922. The molecule has 7 atom stereocenters. The molecule has 3 saturated carbocycles. The van der Waals surface area contributed by atoms with Gasteiger partial charge in [0.25, 0.3) is 0 Å². The minimum absolute atomic E-state index is 0.00690. The monoisotopic (exact) mass is 588 g/mol. The lowest BCUT2D eigenvalue weighted by Crippen LogP contribution is -2.62. The molecule has 0 aliphatic heterocycles. The maximum absolute atomic E-state index is 13.8. The molecule has 10 heteroatoms. The van der Waals surface area contributed by atoms with Gasteiger partial charge in [-0.15, -0.1) is 0 Å². The van der Waals surface area contributed by atoms with Crippen molar-refractivity contribution in [2.75, 3.05) is 5.75 Å². The Bertz CT molecular complexity index is 1580. The van der Waals surface area contributed by atoms with E-state index in [1.54, 1.807) is 10.7 Å². The highest BCUT2D eigenvalue weighted by Gasteiger charge is 2.70. The third-order valence-electron chi connectivity index (χ3n) is 10.8. The fourth-order valence-electron chi connectivity index (χ4n) is 8.65. The first kappa shape index (κ1) is 27.5. The van der Waals surface area contributed by atoms with E-state index in [4.69, 9.17) is 4.74 Å². The van der Waals surface area contributed by atoms with Crippen LogP contribution in [0.3, 0.4) is 0 Å². The molecule has 0 amide bonds. The molecule has 0 radical (unpaired) electrons. The van der Waals surface area contributed by atoms with Crippen molar-refractivity contribution < 1.29 is 23.8 Å². The van der Waals surface area contributed by atoms with Gasteiger partial charge in [0.2, 0.25) is 11.1 Å². The fraction of sp³-hybridized carbons (Fsp3) is 0.531. The Morgan fingerprint density at radius 3 is 2.79 bits per heavy atom. The minimum Gasteiger partial charge on any atom is -0.449 e. The number of rotatable bonds is 5. The number of nitriles is 1. The Morgan fingerprint density at radius 2 is 2.07 bits per heavy atom. The number of carbonyl (C=O) groups excluding carboxylic acids is 2. The predicted molar refractivity (Wildman–Crippen MR) is 153 cm³/mol. The number of thioether (sulfide) groups is 1. The van der Waals surface area contributed by atoms with E-state index in [1.165, 1.54) is 12.3 Å². The van der Waals surface area contributed by atoms with Crippen molar-refractivity contribution in [3.8, 4) is 11.8 Å². The topological polar surface area (TPSA) is 118 Å². The van der Waals surface area contributed by atoms with Crippen LogP contribution in [0.1, 0.15) is 57.2 Å². The Labute approximate surface area is 248 Å². The van der Waals surface area contributed by atoms with E-state index in [-0.39, 0.29) is 45.9 Å². The van der Waals surface area contributed by atoms with E-state index in [9.17, 15) is 24.3 Å². The van der Waals surface area contributed by atoms with Crippen molar-refractivity contribution in [1.29, 1.82) is 5.26 Å². The van der Waals surface area contributed by atoms with E-state index >= 15 is 0 Å². The molecule has 0 saturated heterocycles. The SMILES string of the molecule is C[C@]12Cc3cnn(-c4ccc(F)nc4)c3C=C1C=C[C@@H]1[C@@H]2[C@@H](O)C[C@@]2(C)[C@H]1CC[C@]2(OC(=O)C1CC1)C(=O)SCC#N. The maximum atomic E-state index is 13.8. The van der Waals surface area contributed by atoms with Gasteiger partial charge in [0, 0.05) is 16.7 Å². The summed E-state index contributed by atoms with van der Waals surface area (Å²) in [5, 5.41) is 25.5. The Kier molecular flexibility index (Phi) is 6.30. The second kappa shape index (κ2) is 9.61. The van der Waals surface area contributed by atoms with Gasteiger partial charge in [-0.05, 0) is 79.7 Å². The highest BCUT2D eigenvalue weighted by atomic mass is 32.2. The van der Waals surface area contributed by atoms with Crippen molar-refractivity contribution in [2.45, 2.75) is 64.1 Å². The summed E-state index contributed by atoms with van der Waals surface area (Å²) in [7, 11) is 0. The Balaban J connectivity index is 1.25. The number of pyridine rings is 1. The molecule has 218 valence electrons. The molecule has 2 heterocycles. The van der Waals surface area contributed by atoms with E-state index in [0.29, 0.717) is 31.4 Å². The number of allylic oxidation sites excluding steroid dienone is 3. The number of halogens is 1. The number of ether oxygens (including phenoxy) is 1. The summed E-state index contributed by atoms with van der Waals surface area (Å²) < 4.78 is 21.4.